The van der Waals surface area contributed by atoms with E-state index in [-0.39, 0.29) is 31.8 Å². The SMILES string of the molecule is COc1ccc(NC(=O)C2CCN(S(=O)(=O)c3ccccc3C(F)(F)F)CC2)cc1. The molecular weight excluding hydrogens is 421 g/mol. The second kappa shape index (κ2) is 8.65. The number of rotatable bonds is 5. The first kappa shape index (κ1) is 22.1. The Morgan fingerprint density at radius 3 is 2.23 bits per heavy atom. The van der Waals surface area contributed by atoms with Crippen LogP contribution in [0, 0.1) is 5.92 Å². The van der Waals surface area contributed by atoms with Gasteiger partial charge in [0.05, 0.1) is 17.6 Å². The van der Waals surface area contributed by atoms with Gasteiger partial charge in [-0.05, 0) is 49.2 Å². The molecular formula is C20H21F3N2O4S. The molecule has 1 saturated heterocycles. The molecule has 1 aliphatic rings. The molecule has 30 heavy (non-hydrogen) atoms. The van der Waals surface area contributed by atoms with Gasteiger partial charge in [0.15, 0.2) is 0 Å². The molecule has 0 spiro atoms. The number of hydrogen-bond acceptors (Lipinski definition) is 4. The normalized spacial score (nSPS) is 16.3. The van der Waals surface area contributed by atoms with Gasteiger partial charge in [-0.3, -0.25) is 4.79 Å². The molecule has 1 fully saturated rings. The van der Waals surface area contributed by atoms with Gasteiger partial charge in [-0.25, -0.2) is 8.42 Å². The number of methoxy groups -OCH3 is 1. The molecule has 1 amide bonds. The zero-order chi connectivity index (χ0) is 21.9. The van der Waals surface area contributed by atoms with Crippen molar-refractivity contribution in [2.24, 2.45) is 5.92 Å². The lowest BCUT2D eigenvalue weighted by atomic mass is 9.97. The van der Waals surface area contributed by atoms with Gasteiger partial charge in [-0.15, -0.1) is 0 Å². The van der Waals surface area contributed by atoms with Crippen LogP contribution in [0.15, 0.2) is 53.4 Å². The first-order valence-corrected chi connectivity index (χ1v) is 10.7. The van der Waals surface area contributed by atoms with Crippen molar-refractivity contribution in [3.8, 4) is 5.75 Å². The van der Waals surface area contributed by atoms with Crippen LogP contribution in [0.3, 0.4) is 0 Å². The molecule has 2 aromatic rings. The molecule has 1 aliphatic heterocycles. The fourth-order valence-corrected chi connectivity index (χ4v) is 5.02. The number of hydrogen-bond donors (Lipinski definition) is 1. The number of piperidine rings is 1. The maximum Gasteiger partial charge on any atom is 0.417 e. The van der Waals surface area contributed by atoms with Crippen LogP contribution >= 0.6 is 0 Å². The fraction of sp³-hybridized carbons (Fsp3) is 0.350. The highest BCUT2D eigenvalue weighted by Crippen LogP contribution is 2.36. The summed E-state index contributed by atoms with van der Waals surface area (Å²) < 4.78 is 71.3. The summed E-state index contributed by atoms with van der Waals surface area (Å²) in [5.41, 5.74) is -0.612. The van der Waals surface area contributed by atoms with Crippen molar-refractivity contribution in [1.29, 1.82) is 0 Å². The Labute approximate surface area is 172 Å². The van der Waals surface area contributed by atoms with Crippen LogP contribution in [0.25, 0.3) is 0 Å². The van der Waals surface area contributed by atoms with E-state index in [1.54, 1.807) is 24.3 Å². The molecule has 6 nitrogen and oxygen atoms in total. The summed E-state index contributed by atoms with van der Waals surface area (Å²) in [5, 5.41) is 2.77. The van der Waals surface area contributed by atoms with Gasteiger partial charge < -0.3 is 10.1 Å². The molecule has 2 aromatic carbocycles. The van der Waals surface area contributed by atoms with E-state index in [9.17, 15) is 26.4 Å². The third-order valence-electron chi connectivity index (χ3n) is 4.99. The van der Waals surface area contributed by atoms with Gasteiger partial charge in [0.1, 0.15) is 5.75 Å². The lowest BCUT2D eigenvalue weighted by molar-refractivity contribution is -0.139. The smallest absolute Gasteiger partial charge is 0.417 e. The zero-order valence-corrected chi connectivity index (χ0v) is 17.0. The summed E-state index contributed by atoms with van der Waals surface area (Å²) in [6, 6.07) is 10.9. The zero-order valence-electron chi connectivity index (χ0n) is 16.1. The molecule has 162 valence electrons. The van der Waals surface area contributed by atoms with Crippen LogP contribution < -0.4 is 10.1 Å². The number of nitrogens with one attached hydrogen (secondary N) is 1. The second-order valence-electron chi connectivity index (χ2n) is 6.89. The topological polar surface area (TPSA) is 75.7 Å². The maximum atomic E-state index is 13.2. The van der Waals surface area contributed by atoms with Gasteiger partial charge >= 0.3 is 6.18 Å². The van der Waals surface area contributed by atoms with Crippen molar-refractivity contribution < 1.29 is 31.1 Å². The lowest BCUT2D eigenvalue weighted by Crippen LogP contribution is -2.41. The summed E-state index contributed by atoms with van der Waals surface area (Å²) in [4.78, 5) is 11.7. The predicted molar refractivity (Wildman–Crippen MR) is 105 cm³/mol. The van der Waals surface area contributed by atoms with Gasteiger partial charge in [-0.2, -0.15) is 17.5 Å². The molecule has 0 unspecified atom stereocenters. The van der Waals surface area contributed by atoms with Crippen LogP contribution in [-0.2, 0) is 21.0 Å². The molecule has 1 heterocycles. The van der Waals surface area contributed by atoms with Gasteiger partial charge in [0, 0.05) is 24.7 Å². The Kier molecular flexibility index (Phi) is 6.37. The molecule has 10 heteroatoms. The molecule has 3 rings (SSSR count). The van der Waals surface area contributed by atoms with Crippen LogP contribution in [0.4, 0.5) is 18.9 Å². The summed E-state index contributed by atoms with van der Waals surface area (Å²) >= 11 is 0. The minimum absolute atomic E-state index is 0.0325. The number of anilines is 1. The Hall–Kier alpha value is -2.59. The first-order valence-electron chi connectivity index (χ1n) is 9.24. The molecule has 0 aromatic heterocycles. The van der Waals surface area contributed by atoms with E-state index in [1.807, 2.05) is 0 Å². The van der Waals surface area contributed by atoms with Crippen molar-refractivity contribution in [2.45, 2.75) is 23.9 Å². The number of sulfonamides is 1. The molecule has 0 aliphatic carbocycles. The standard InChI is InChI=1S/C20H21F3N2O4S/c1-29-16-8-6-15(7-9-16)24-19(26)14-10-12-25(13-11-14)30(27,28)18-5-3-2-4-17(18)20(21,22)23/h2-9,14H,10-13H2,1H3,(H,24,26). The minimum atomic E-state index is -4.78. The van der Waals surface area contributed by atoms with E-state index in [1.165, 1.54) is 13.2 Å². The Bertz CT molecular complexity index is 999. The second-order valence-corrected chi connectivity index (χ2v) is 8.80. The van der Waals surface area contributed by atoms with Crippen molar-refractivity contribution in [3.05, 3.63) is 54.1 Å². The fourth-order valence-electron chi connectivity index (χ4n) is 3.34. The number of nitrogens with zero attached hydrogens (tertiary/aromatic N) is 1. The summed E-state index contributed by atoms with van der Waals surface area (Å²) in [7, 11) is -2.79. The highest BCUT2D eigenvalue weighted by atomic mass is 32.2. The van der Waals surface area contributed by atoms with Crippen molar-refractivity contribution in [1.82, 2.24) is 4.31 Å². The van der Waals surface area contributed by atoms with E-state index in [0.29, 0.717) is 11.4 Å². The van der Waals surface area contributed by atoms with E-state index < -0.39 is 32.6 Å². The highest BCUT2D eigenvalue weighted by molar-refractivity contribution is 7.89. The molecule has 0 radical (unpaired) electrons. The number of ether oxygens (including phenoxy) is 1. The van der Waals surface area contributed by atoms with E-state index in [0.717, 1.165) is 22.5 Å². The maximum absolute atomic E-state index is 13.2. The van der Waals surface area contributed by atoms with Crippen LogP contribution in [-0.4, -0.2) is 38.8 Å². The Morgan fingerprint density at radius 2 is 1.67 bits per heavy atom. The monoisotopic (exact) mass is 442 g/mol. The third-order valence-corrected chi connectivity index (χ3v) is 6.95. The lowest BCUT2D eigenvalue weighted by Gasteiger charge is -2.31. The van der Waals surface area contributed by atoms with Gasteiger partial charge in [0.25, 0.3) is 0 Å². The number of halogens is 3. The number of amides is 1. The number of alkyl halides is 3. The van der Waals surface area contributed by atoms with Gasteiger partial charge in [-0.1, -0.05) is 12.1 Å². The predicted octanol–water partition coefficient (Wildman–Crippen LogP) is 3.75. The summed E-state index contributed by atoms with van der Waals surface area (Å²) in [5.74, 6) is -0.0463. The number of carbonyl (C=O) groups excluding carboxylic acids is 1. The Morgan fingerprint density at radius 1 is 1.07 bits per heavy atom. The van der Waals surface area contributed by atoms with Crippen molar-refractivity contribution in [3.63, 3.8) is 0 Å². The van der Waals surface area contributed by atoms with Crippen LogP contribution in [0.2, 0.25) is 0 Å². The van der Waals surface area contributed by atoms with E-state index in [4.69, 9.17) is 4.74 Å². The molecule has 1 N–H and O–H groups in total. The highest BCUT2D eigenvalue weighted by Gasteiger charge is 2.40. The Balaban J connectivity index is 1.67. The van der Waals surface area contributed by atoms with Crippen LogP contribution in [0.5, 0.6) is 5.75 Å². The molecule has 0 atom stereocenters. The third kappa shape index (κ3) is 4.76. The average Bonchev–Trinajstić information content (AvgIpc) is 2.74. The number of benzene rings is 2. The molecule has 0 bridgehead atoms. The average molecular weight is 442 g/mol. The van der Waals surface area contributed by atoms with Gasteiger partial charge in [0.2, 0.25) is 15.9 Å². The van der Waals surface area contributed by atoms with E-state index in [2.05, 4.69) is 5.32 Å². The van der Waals surface area contributed by atoms with Crippen LogP contribution in [0.1, 0.15) is 18.4 Å². The first-order chi connectivity index (χ1) is 14.1. The molecule has 0 saturated carbocycles. The summed E-state index contributed by atoms with van der Waals surface area (Å²) in [6.07, 6.45) is -4.34. The largest absolute Gasteiger partial charge is 0.497 e. The van der Waals surface area contributed by atoms with Crippen molar-refractivity contribution in [2.75, 3.05) is 25.5 Å². The quantitative estimate of drug-likeness (QED) is 0.765. The minimum Gasteiger partial charge on any atom is -0.497 e. The van der Waals surface area contributed by atoms with Crippen molar-refractivity contribution >= 4 is 21.6 Å². The number of carbonyl (C=O) groups is 1. The summed E-state index contributed by atoms with van der Waals surface area (Å²) in [6.45, 7) is -0.0650. The van der Waals surface area contributed by atoms with E-state index >= 15 is 0 Å².